The fourth-order valence-corrected chi connectivity index (χ4v) is 3.94. The molecule has 6 amide bonds. The van der Waals surface area contributed by atoms with Gasteiger partial charge in [0.15, 0.2) is 0 Å². The number of nitrogens with one attached hydrogen (secondary N) is 4. The number of benzene rings is 1. The number of carbonyl (C=O) groups is 4. The van der Waals surface area contributed by atoms with Crippen LogP contribution in [0.25, 0.3) is 0 Å². The van der Waals surface area contributed by atoms with Crippen molar-refractivity contribution in [2.24, 2.45) is 0 Å². The standard InChI is InChI=1S/C21H29N5O4/c1-14(2)23-19(29)24-16-9-4-3-8-15(16)17(27)22-12-7-13-26-18(28)21(25-20(26)30)10-5-6-11-21/h3-4,8-9,14H,5-7,10-13H2,1-2H3,(H,22,27)(H,25,30)(H2,23,24,29). The Bertz CT molecular complexity index is 832. The summed E-state index contributed by atoms with van der Waals surface area (Å²) in [6.07, 6.45) is 3.72. The Hall–Kier alpha value is -3.10. The first-order valence-corrected chi connectivity index (χ1v) is 10.4. The lowest BCUT2D eigenvalue weighted by Crippen LogP contribution is -2.44. The summed E-state index contributed by atoms with van der Waals surface area (Å²) in [5.41, 5.74) is 0.0448. The van der Waals surface area contributed by atoms with Crippen LogP contribution in [0.15, 0.2) is 24.3 Å². The third-order valence-electron chi connectivity index (χ3n) is 5.39. The largest absolute Gasteiger partial charge is 0.352 e. The number of imide groups is 1. The average molecular weight is 415 g/mol. The molecule has 0 bridgehead atoms. The zero-order valence-electron chi connectivity index (χ0n) is 17.4. The quantitative estimate of drug-likeness (QED) is 0.403. The number of nitrogens with zero attached hydrogens (tertiary/aromatic N) is 1. The molecule has 9 nitrogen and oxygen atoms in total. The molecule has 1 aliphatic heterocycles. The molecule has 1 saturated carbocycles. The summed E-state index contributed by atoms with van der Waals surface area (Å²) in [7, 11) is 0. The smallest absolute Gasteiger partial charge is 0.325 e. The van der Waals surface area contributed by atoms with E-state index in [0.29, 0.717) is 37.1 Å². The van der Waals surface area contributed by atoms with Crippen molar-refractivity contribution in [3.05, 3.63) is 29.8 Å². The molecule has 1 aliphatic carbocycles. The molecular weight excluding hydrogens is 386 g/mol. The zero-order chi connectivity index (χ0) is 21.7. The number of amides is 6. The fourth-order valence-electron chi connectivity index (χ4n) is 3.94. The van der Waals surface area contributed by atoms with E-state index in [1.165, 1.54) is 4.90 Å². The molecule has 1 aromatic carbocycles. The number of hydrogen-bond acceptors (Lipinski definition) is 4. The lowest BCUT2D eigenvalue weighted by atomic mass is 9.98. The van der Waals surface area contributed by atoms with Gasteiger partial charge in [0.1, 0.15) is 5.54 Å². The molecular formula is C21H29N5O4. The van der Waals surface area contributed by atoms with Gasteiger partial charge in [-0.15, -0.1) is 0 Å². The van der Waals surface area contributed by atoms with Gasteiger partial charge in [0, 0.05) is 19.1 Å². The predicted octanol–water partition coefficient (Wildman–Crippen LogP) is 2.20. The van der Waals surface area contributed by atoms with Gasteiger partial charge in [-0.05, 0) is 45.2 Å². The molecule has 1 spiro atoms. The molecule has 0 unspecified atom stereocenters. The van der Waals surface area contributed by atoms with Gasteiger partial charge in [-0.3, -0.25) is 14.5 Å². The van der Waals surface area contributed by atoms with Crippen molar-refractivity contribution < 1.29 is 19.2 Å². The summed E-state index contributed by atoms with van der Waals surface area (Å²) >= 11 is 0. The Kier molecular flexibility index (Phi) is 6.59. The summed E-state index contributed by atoms with van der Waals surface area (Å²) < 4.78 is 0. The molecule has 0 radical (unpaired) electrons. The van der Waals surface area contributed by atoms with Crippen molar-refractivity contribution >= 4 is 29.6 Å². The fraction of sp³-hybridized carbons (Fsp3) is 0.524. The molecule has 2 fully saturated rings. The second kappa shape index (κ2) is 9.15. The van der Waals surface area contributed by atoms with Crippen LogP contribution in [0, 0.1) is 0 Å². The number of carbonyl (C=O) groups excluding carboxylic acids is 4. The molecule has 1 aromatic rings. The van der Waals surface area contributed by atoms with Gasteiger partial charge in [0.2, 0.25) is 0 Å². The van der Waals surface area contributed by atoms with Crippen LogP contribution >= 0.6 is 0 Å². The highest BCUT2D eigenvalue weighted by molar-refractivity contribution is 6.07. The summed E-state index contributed by atoms with van der Waals surface area (Å²) in [6.45, 7) is 4.25. The van der Waals surface area contributed by atoms with Crippen LogP contribution in [0.4, 0.5) is 15.3 Å². The number of urea groups is 2. The van der Waals surface area contributed by atoms with Crippen LogP contribution in [-0.2, 0) is 4.79 Å². The topological polar surface area (TPSA) is 120 Å². The average Bonchev–Trinajstić information content (AvgIpc) is 3.24. The molecule has 1 heterocycles. The molecule has 9 heteroatoms. The minimum absolute atomic E-state index is 0.0279. The Balaban J connectivity index is 1.50. The minimum atomic E-state index is -0.707. The van der Waals surface area contributed by atoms with Crippen LogP contribution in [0.3, 0.4) is 0 Å². The molecule has 2 aliphatic rings. The minimum Gasteiger partial charge on any atom is -0.352 e. The number of rotatable bonds is 7. The number of hydrogen-bond donors (Lipinski definition) is 4. The first-order valence-electron chi connectivity index (χ1n) is 10.4. The van der Waals surface area contributed by atoms with Gasteiger partial charge in [0.25, 0.3) is 11.8 Å². The molecule has 3 rings (SSSR count). The Morgan fingerprint density at radius 2 is 1.87 bits per heavy atom. The molecule has 0 aromatic heterocycles. The summed E-state index contributed by atoms with van der Waals surface area (Å²) in [4.78, 5) is 50.6. The van der Waals surface area contributed by atoms with Crippen molar-refractivity contribution in [2.45, 2.75) is 57.5 Å². The van der Waals surface area contributed by atoms with Gasteiger partial charge >= 0.3 is 12.1 Å². The maximum Gasteiger partial charge on any atom is 0.325 e. The van der Waals surface area contributed by atoms with Crippen LogP contribution in [-0.4, -0.2) is 53.4 Å². The van der Waals surface area contributed by atoms with E-state index in [9.17, 15) is 19.2 Å². The molecule has 4 N–H and O–H groups in total. The maximum absolute atomic E-state index is 12.6. The summed E-state index contributed by atoms with van der Waals surface area (Å²) in [5, 5.41) is 11.0. The van der Waals surface area contributed by atoms with E-state index in [1.54, 1.807) is 24.3 Å². The number of para-hydroxylation sites is 1. The van der Waals surface area contributed by atoms with Crippen molar-refractivity contribution in [3.8, 4) is 0 Å². The van der Waals surface area contributed by atoms with Gasteiger partial charge in [-0.2, -0.15) is 0 Å². The van der Waals surface area contributed by atoms with E-state index in [4.69, 9.17) is 0 Å². The van der Waals surface area contributed by atoms with Crippen molar-refractivity contribution in [2.75, 3.05) is 18.4 Å². The zero-order valence-corrected chi connectivity index (χ0v) is 17.4. The van der Waals surface area contributed by atoms with Crippen LogP contribution in [0.2, 0.25) is 0 Å². The Labute approximate surface area is 175 Å². The lowest BCUT2D eigenvalue weighted by Gasteiger charge is -2.20. The second-order valence-electron chi connectivity index (χ2n) is 8.08. The third kappa shape index (κ3) is 4.72. The lowest BCUT2D eigenvalue weighted by molar-refractivity contribution is -0.131. The molecule has 30 heavy (non-hydrogen) atoms. The van der Waals surface area contributed by atoms with Crippen molar-refractivity contribution in [1.29, 1.82) is 0 Å². The van der Waals surface area contributed by atoms with Crippen LogP contribution in [0.5, 0.6) is 0 Å². The van der Waals surface area contributed by atoms with E-state index < -0.39 is 5.54 Å². The van der Waals surface area contributed by atoms with E-state index in [1.807, 2.05) is 13.8 Å². The first kappa shape index (κ1) is 21.6. The summed E-state index contributed by atoms with van der Waals surface area (Å²) in [5.74, 6) is -0.484. The van der Waals surface area contributed by atoms with Gasteiger partial charge in [-0.25, -0.2) is 9.59 Å². The molecule has 162 valence electrons. The highest BCUT2D eigenvalue weighted by Crippen LogP contribution is 2.34. The second-order valence-corrected chi connectivity index (χ2v) is 8.08. The normalized spacial score (nSPS) is 17.4. The molecule has 0 atom stereocenters. The Morgan fingerprint density at radius 3 is 2.57 bits per heavy atom. The highest BCUT2D eigenvalue weighted by atomic mass is 16.2. The van der Waals surface area contributed by atoms with E-state index in [2.05, 4.69) is 21.3 Å². The van der Waals surface area contributed by atoms with E-state index >= 15 is 0 Å². The maximum atomic E-state index is 12.6. The monoisotopic (exact) mass is 415 g/mol. The first-order chi connectivity index (χ1) is 14.3. The molecule has 1 saturated heterocycles. The van der Waals surface area contributed by atoms with E-state index in [0.717, 1.165) is 12.8 Å². The SMILES string of the molecule is CC(C)NC(=O)Nc1ccccc1C(=O)NCCCN1C(=O)NC2(CCCC2)C1=O. The highest BCUT2D eigenvalue weighted by Gasteiger charge is 2.51. The van der Waals surface area contributed by atoms with E-state index in [-0.39, 0.29) is 36.5 Å². The Morgan fingerprint density at radius 1 is 1.17 bits per heavy atom. The summed E-state index contributed by atoms with van der Waals surface area (Å²) in [6, 6.07) is 5.97. The van der Waals surface area contributed by atoms with Crippen LogP contribution < -0.4 is 21.3 Å². The van der Waals surface area contributed by atoms with Gasteiger partial charge in [0.05, 0.1) is 11.3 Å². The van der Waals surface area contributed by atoms with Crippen molar-refractivity contribution in [3.63, 3.8) is 0 Å². The van der Waals surface area contributed by atoms with Crippen LogP contribution in [0.1, 0.15) is 56.3 Å². The predicted molar refractivity (Wildman–Crippen MR) is 112 cm³/mol. The van der Waals surface area contributed by atoms with Gasteiger partial charge < -0.3 is 21.3 Å². The van der Waals surface area contributed by atoms with Gasteiger partial charge in [-0.1, -0.05) is 25.0 Å². The van der Waals surface area contributed by atoms with Crippen molar-refractivity contribution in [1.82, 2.24) is 20.9 Å². The third-order valence-corrected chi connectivity index (χ3v) is 5.39. The number of anilines is 1.